The molecule has 2 aromatic heterocycles. The predicted octanol–water partition coefficient (Wildman–Crippen LogP) is 13.0. The van der Waals surface area contributed by atoms with Crippen LogP contribution in [0.3, 0.4) is 0 Å². The van der Waals surface area contributed by atoms with Crippen molar-refractivity contribution in [2.45, 2.75) is 0 Å². The second-order valence-corrected chi connectivity index (χ2v) is 13.4. The van der Waals surface area contributed by atoms with Crippen LogP contribution in [0, 0.1) is 0 Å². The smallest absolute Gasteiger partial charge is 0.238 e. The Labute approximate surface area is 325 Å². The van der Waals surface area contributed by atoms with E-state index in [0.29, 0.717) is 33.5 Å². The van der Waals surface area contributed by atoms with Crippen LogP contribution in [0.5, 0.6) is 0 Å². The molecular formula is C51H34N4. The average Bonchev–Trinajstić information content (AvgIpc) is 3.66. The van der Waals surface area contributed by atoms with E-state index in [1.807, 2.05) is 97.1 Å². The number of aromatic nitrogens is 4. The number of hydrogen-bond acceptors (Lipinski definition) is 3. The Morgan fingerprint density at radius 1 is 0.327 bits per heavy atom. The van der Waals surface area contributed by atoms with Gasteiger partial charge in [-0.2, -0.15) is 9.97 Å². The zero-order valence-corrected chi connectivity index (χ0v) is 29.6. The van der Waals surface area contributed by atoms with Crippen LogP contribution in [0.2, 0.25) is 0 Å². The molecule has 0 aliphatic rings. The first-order valence-electron chi connectivity index (χ1n) is 20.2. The Balaban J connectivity index is 1.21. The molecule has 2 heterocycles. The summed E-state index contributed by atoms with van der Waals surface area (Å²) in [7, 11) is 0. The molecule has 0 radical (unpaired) electrons. The third-order valence-corrected chi connectivity index (χ3v) is 10.0. The van der Waals surface area contributed by atoms with Gasteiger partial charge in [0.1, 0.15) is 0 Å². The lowest BCUT2D eigenvalue weighted by Crippen LogP contribution is -2.06. The first-order chi connectivity index (χ1) is 28.9. The van der Waals surface area contributed by atoms with Gasteiger partial charge in [-0.3, -0.25) is 4.57 Å². The quantitative estimate of drug-likeness (QED) is 0.166. The molecule has 10 rings (SSSR count). The highest BCUT2D eigenvalue weighted by molar-refractivity contribution is 6.10. The van der Waals surface area contributed by atoms with E-state index in [1.165, 1.54) is 0 Å². The Morgan fingerprint density at radius 3 is 1.38 bits per heavy atom. The summed E-state index contributed by atoms with van der Waals surface area (Å²) in [6.07, 6.45) is 0. The van der Waals surface area contributed by atoms with Crippen LogP contribution in [0.25, 0.3) is 95.0 Å². The summed E-state index contributed by atoms with van der Waals surface area (Å²) in [6.45, 7) is 0. The molecule has 10 aromatic rings. The molecule has 0 atom stereocenters. The van der Waals surface area contributed by atoms with Gasteiger partial charge in [0, 0.05) is 21.9 Å². The van der Waals surface area contributed by atoms with E-state index in [4.69, 9.17) is 19.1 Å². The maximum atomic E-state index is 9.25. The molecule has 4 heteroatoms. The van der Waals surface area contributed by atoms with Gasteiger partial charge >= 0.3 is 0 Å². The van der Waals surface area contributed by atoms with Gasteiger partial charge in [0.2, 0.25) is 5.95 Å². The third-order valence-electron chi connectivity index (χ3n) is 10.0. The largest absolute Gasteiger partial charge is 0.278 e. The zero-order chi connectivity index (χ0) is 40.0. The fraction of sp³-hybridized carbons (Fsp3) is 0. The molecule has 55 heavy (non-hydrogen) atoms. The molecule has 0 saturated carbocycles. The van der Waals surface area contributed by atoms with Crippen molar-refractivity contribution in [1.82, 2.24) is 19.5 Å². The van der Waals surface area contributed by atoms with Crippen LogP contribution in [0.4, 0.5) is 0 Å². The highest BCUT2D eigenvalue weighted by Gasteiger charge is 2.19. The van der Waals surface area contributed by atoms with Crippen molar-refractivity contribution in [2.75, 3.05) is 0 Å². The second kappa shape index (κ2) is 13.8. The topological polar surface area (TPSA) is 43.6 Å². The van der Waals surface area contributed by atoms with Crippen molar-refractivity contribution in [1.29, 1.82) is 0 Å². The fourth-order valence-corrected chi connectivity index (χ4v) is 7.22. The second-order valence-electron chi connectivity index (χ2n) is 13.4. The number of para-hydroxylation sites is 1. The monoisotopic (exact) mass is 706 g/mol. The van der Waals surface area contributed by atoms with Crippen LogP contribution >= 0.6 is 0 Å². The van der Waals surface area contributed by atoms with Crippen LogP contribution in [-0.4, -0.2) is 19.5 Å². The lowest BCUT2D eigenvalue weighted by Gasteiger charge is -2.12. The van der Waals surface area contributed by atoms with Crippen molar-refractivity contribution in [3.05, 3.63) is 206 Å². The lowest BCUT2D eigenvalue weighted by molar-refractivity contribution is 0.953. The Hall–Kier alpha value is -7.43. The van der Waals surface area contributed by atoms with E-state index in [0.717, 1.165) is 55.6 Å². The maximum Gasteiger partial charge on any atom is 0.238 e. The molecule has 0 saturated heterocycles. The van der Waals surface area contributed by atoms with E-state index in [2.05, 4.69) is 84.9 Å². The Kier molecular flexibility index (Phi) is 7.08. The average molecular weight is 707 g/mol. The van der Waals surface area contributed by atoms with Crippen LogP contribution in [-0.2, 0) is 0 Å². The summed E-state index contributed by atoms with van der Waals surface area (Å²) in [5.74, 6) is 1.10. The fourth-order valence-electron chi connectivity index (χ4n) is 7.22. The Bertz CT molecular complexity index is 3170. The summed E-state index contributed by atoms with van der Waals surface area (Å²) in [4.78, 5) is 15.3. The van der Waals surface area contributed by atoms with Gasteiger partial charge in [0.25, 0.3) is 0 Å². The molecule has 0 fully saturated rings. The van der Waals surface area contributed by atoms with E-state index in [9.17, 15) is 1.37 Å². The van der Waals surface area contributed by atoms with Gasteiger partial charge < -0.3 is 0 Å². The van der Waals surface area contributed by atoms with Crippen molar-refractivity contribution in [2.24, 2.45) is 0 Å². The third kappa shape index (κ3) is 6.16. The minimum atomic E-state index is -0.329. The maximum absolute atomic E-state index is 9.25. The predicted molar refractivity (Wildman–Crippen MR) is 227 cm³/mol. The van der Waals surface area contributed by atoms with Gasteiger partial charge in [-0.05, 0) is 62.7 Å². The lowest BCUT2D eigenvalue weighted by atomic mass is 9.99. The van der Waals surface area contributed by atoms with Crippen LogP contribution in [0.1, 0.15) is 5.48 Å². The summed E-state index contributed by atoms with van der Waals surface area (Å²) in [6, 6.07) is 60.2. The minimum Gasteiger partial charge on any atom is -0.278 e. The van der Waals surface area contributed by atoms with Crippen LogP contribution < -0.4 is 0 Å². The van der Waals surface area contributed by atoms with E-state index in [1.54, 1.807) is 4.57 Å². The molecule has 0 N–H and O–H groups in total. The molecule has 258 valence electrons. The molecule has 4 nitrogen and oxygen atoms in total. The van der Waals surface area contributed by atoms with Gasteiger partial charge in [0.05, 0.1) is 16.5 Å². The minimum absolute atomic E-state index is 0.119. The highest BCUT2D eigenvalue weighted by Crippen LogP contribution is 2.36. The van der Waals surface area contributed by atoms with Gasteiger partial charge in [-0.1, -0.05) is 188 Å². The molecule has 0 aliphatic heterocycles. The summed E-state index contributed by atoms with van der Waals surface area (Å²) in [5.41, 5.74) is 10.8. The van der Waals surface area contributed by atoms with Crippen molar-refractivity contribution < 1.29 is 5.48 Å². The van der Waals surface area contributed by atoms with Crippen LogP contribution in [0.15, 0.2) is 206 Å². The molecule has 0 unspecified atom stereocenters. The Morgan fingerprint density at radius 2 is 0.764 bits per heavy atom. The number of benzene rings is 8. The first-order valence-corrected chi connectivity index (χ1v) is 18.2. The summed E-state index contributed by atoms with van der Waals surface area (Å²) < 4.78 is 37.5. The van der Waals surface area contributed by atoms with E-state index in [-0.39, 0.29) is 30.1 Å². The number of rotatable bonds is 7. The number of hydrogen-bond donors (Lipinski definition) is 0. The van der Waals surface area contributed by atoms with E-state index < -0.39 is 0 Å². The summed E-state index contributed by atoms with van der Waals surface area (Å²) in [5, 5.41) is 1.07. The highest BCUT2D eigenvalue weighted by atomic mass is 15.2. The van der Waals surface area contributed by atoms with Gasteiger partial charge in [-0.15, -0.1) is 0 Å². The molecule has 0 aliphatic carbocycles. The normalized spacial score (nSPS) is 12.3. The molecule has 0 spiro atoms. The van der Waals surface area contributed by atoms with E-state index >= 15 is 0 Å². The van der Waals surface area contributed by atoms with Gasteiger partial charge in [0.15, 0.2) is 11.6 Å². The van der Waals surface area contributed by atoms with Crippen molar-refractivity contribution in [3.63, 3.8) is 0 Å². The zero-order valence-electron chi connectivity index (χ0n) is 33.6. The SMILES string of the molecule is [2H]c1c([2H])c([2H])c2c(c1[2H])c1ccc(-c3ccc(-c4ccccc4)cc3)cc1n2-c1nc(-c2ccc(-c3ccccc3)cc2)nc(-c2cccc(-c3ccccc3)c2)n1. The summed E-state index contributed by atoms with van der Waals surface area (Å²) >= 11 is 0. The standard InChI is InChI=1S/C51H34N4/c1-4-13-35(14-5-1)38-23-25-40(26-24-38)43-31-32-46-45-21-10-11-22-47(45)55(48(46)34-43)51-53-49(41-29-27-39(28-30-41)36-15-6-2-7-16-36)52-50(54-51)44-20-12-19-42(33-44)37-17-8-3-9-18-37/h1-34H/i10D,11D,21D,22D. The number of fused-ring (bicyclic) bond motifs is 3. The molecular weight excluding hydrogens is 669 g/mol. The molecule has 0 bridgehead atoms. The molecule has 0 amide bonds. The first kappa shape index (κ1) is 28.1. The van der Waals surface area contributed by atoms with Crippen molar-refractivity contribution in [3.8, 4) is 73.2 Å². The van der Waals surface area contributed by atoms with Gasteiger partial charge in [-0.25, -0.2) is 4.98 Å². The van der Waals surface area contributed by atoms with Crippen molar-refractivity contribution >= 4 is 21.8 Å². The molecule has 8 aromatic carbocycles. The number of nitrogens with zero attached hydrogens (tertiary/aromatic N) is 4.